The van der Waals surface area contributed by atoms with Crippen molar-refractivity contribution < 1.29 is 0 Å². The Balaban J connectivity index is 2.81. The van der Waals surface area contributed by atoms with Gasteiger partial charge in [-0.2, -0.15) is 5.26 Å². The van der Waals surface area contributed by atoms with E-state index in [1.165, 1.54) is 5.56 Å². The summed E-state index contributed by atoms with van der Waals surface area (Å²) < 4.78 is 1.87. The quantitative estimate of drug-likeness (QED) is 0.838. The maximum Gasteiger partial charge on any atom is 0.203 e. The van der Waals surface area contributed by atoms with E-state index < -0.39 is 0 Å². The number of halogens is 1. The smallest absolute Gasteiger partial charge is 0.203 e. The molecule has 0 unspecified atom stereocenters. The summed E-state index contributed by atoms with van der Waals surface area (Å²) in [6.45, 7) is 4.35. The first-order valence-corrected chi connectivity index (χ1v) is 6.56. The molecule has 94 valence electrons. The van der Waals surface area contributed by atoms with Crippen molar-refractivity contribution in [1.82, 2.24) is 9.55 Å². The second-order valence-electron chi connectivity index (χ2n) is 4.46. The molecule has 0 aliphatic rings. The van der Waals surface area contributed by atoms with Crippen molar-refractivity contribution in [2.75, 3.05) is 0 Å². The summed E-state index contributed by atoms with van der Waals surface area (Å²) >= 11 is 6.09. The van der Waals surface area contributed by atoms with Crippen LogP contribution in [-0.2, 0) is 7.05 Å². The van der Waals surface area contributed by atoms with Crippen molar-refractivity contribution in [3.63, 3.8) is 0 Å². The third kappa shape index (κ3) is 1.87. The van der Waals surface area contributed by atoms with E-state index in [9.17, 15) is 0 Å². The maximum absolute atomic E-state index is 9.14. The lowest BCUT2D eigenvalue weighted by Crippen LogP contribution is -2.00. The van der Waals surface area contributed by atoms with Crippen molar-refractivity contribution in [1.29, 1.82) is 5.26 Å². The zero-order valence-corrected chi connectivity index (χ0v) is 11.6. The van der Waals surface area contributed by atoms with E-state index in [4.69, 9.17) is 16.9 Å². The molecule has 4 heteroatoms. The molecule has 2 aromatic rings. The number of benzene rings is 1. The highest BCUT2D eigenvalue weighted by atomic mass is 35.5. The lowest BCUT2D eigenvalue weighted by Gasteiger charge is -2.15. The van der Waals surface area contributed by atoms with Gasteiger partial charge in [0.15, 0.2) is 0 Å². The monoisotopic (exact) mass is 261 g/mol. The van der Waals surface area contributed by atoms with Gasteiger partial charge in [0.2, 0.25) is 5.28 Å². The number of aromatic nitrogens is 2. The highest BCUT2D eigenvalue weighted by Gasteiger charge is 2.18. The molecule has 0 aliphatic carbocycles. The molecule has 1 aromatic carbocycles. The van der Waals surface area contributed by atoms with Crippen LogP contribution in [0.5, 0.6) is 0 Å². The largest absolute Gasteiger partial charge is 0.317 e. The van der Waals surface area contributed by atoms with Gasteiger partial charge in [0.05, 0.1) is 11.1 Å². The average molecular weight is 262 g/mol. The van der Waals surface area contributed by atoms with Gasteiger partial charge in [-0.25, -0.2) is 4.98 Å². The maximum atomic E-state index is 9.14. The zero-order valence-electron chi connectivity index (χ0n) is 10.9. The van der Waals surface area contributed by atoms with E-state index in [1.54, 1.807) is 0 Å². The summed E-state index contributed by atoms with van der Waals surface area (Å²) in [5, 5.41) is 9.57. The SMILES string of the molecule is CCC(CC)c1ccc(C#N)c2nc(Cl)n(C)c12. The molecule has 0 bridgehead atoms. The number of hydrogen-bond donors (Lipinski definition) is 0. The van der Waals surface area contributed by atoms with Crippen LogP contribution in [0, 0.1) is 11.3 Å². The standard InChI is InChI=1S/C14H16ClN3/c1-4-9(5-2)11-7-6-10(8-16)12-13(11)18(3)14(15)17-12/h6-7,9H,4-5H2,1-3H3. The molecule has 0 N–H and O–H groups in total. The first-order chi connectivity index (χ1) is 8.63. The Morgan fingerprint density at radius 2 is 2.06 bits per heavy atom. The van der Waals surface area contributed by atoms with Gasteiger partial charge < -0.3 is 4.57 Å². The highest BCUT2D eigenvalue weighted by Crippen LogP contribution is 2.32. The summed E-state index contributed by atoms with van der Waals surface area (Å²) in [5.74, 6) is 0.478. The molecule has 0 saturated heterocycles. The van der Waals surface area contributed by atoms with Gasteiger partial charge in [-0.05, 0) is 42.0 Å². The predicted octanol–water partition coefficient (Wildman–Crippen LogP) is 4.00. The summed E-state index contributed by atoms with van der Waals surface area (Å²) in [5.41, 5.74) is 3.53. The Hall–Kier alpha value is -1.53. The first kappa shape index (κ1) is 12.9. The van der Waals surface area contributed by atoms with E-state index in [2.05, 4.69) is 24.9 Å². The Kier molecular flexibility index (Phi) is 3.58. The van der Waals surface area contributed by atoms with Crippen LogP contribution in [0.4, 0.5) is 0 Å². The minimum absolute atomic E-state index is 0.430. The third-order valence-corrected chi connectivity index (χ3v) is 3.88. The number of nitrogens with zero attached hydrogens (tertiary/aromatic N) is 3. The van der Waals surface area contributed by atoms with Crippen molar-refractivity contribution in [3.05, 3.63) is 28.5 Å². The second kappa shape index (κ2) is 4.99. The molecule has 18 heavy (non-hydrogen) atoms. The van der Waals surface area contributed by atoms with Crippen molar-refractivity contribution in [2.45, 2.75) is 32.6 Å². The highest BCUT2D eigenvalue weighted by molar-refractivity contribution is 6.29. The number of imidazole rings is 1. The van der Waals surface area contributed by atoms with Crippen LogP contribution in [0.3, 0.4) is 0 Å². The second-order valence-corrected chi connectivity index (χ2v) is 4.80. The Morgan fingerprint density at radius 1 is 1.39 bits per heavy atom. The molecule has 3 nitrogen and oxygen atoms in total. The lowest BCUT2D eigenvalue weighted by molar-refractivity contribution is 0.643. The minimum Gasteiger partial charge on any atom is -0.317 e. The van der Waals surface area contributed by atoms with Crippen molar-refractivity contribution in [3.8, 4) is 6.07 Å². The normalized spacial score (nSPS) is 11.1. The number of nitriles is 1. The molecule has 0 amide bonds. The van der Waals surface area contributed by atoms with E-state index in [0.29, 0.717) is 16.8 Å². The van der Waals surface area contributed by atoms with Crippen LogP contribution >= 0.6 is 11.6 Å². The Morgan fingerprint density at radius 3 is 2.61 bits per heavy atom. The molecule has 0 spiro atoms. The summed E-state index contributed by atoms with van der Waals surface area (Å²) in [6.07, 6.45) is 2.14. The number of fused-ring (bicyclic) bond motifs is 1. The summed E-state index contributed by atoms with van der Waals surface area (Å²) in [7, 11) is 1.89. The Labute approximate surface area is 112 Å². The van der Waals surface area contributed by atoms with Crippen LogP contribution in [0.1, 0.15) is 43.7 Å². The molecule has 0 fully saturated rings. The van der Waals surface area contributed by atoms with Gasteiger partial charge in [-0.15, -0.1) is 0 Å². The predicted molar refractivity (Wildman–Crippen MR) is 73.8 cm³/mol. The molecule has 1 heterocycles. The fourth-order valence-electron chi connectivity index (χ4n) is 2.47. The van der Waals surface area contributed by atoms with E-state index in [0.717, 1.165) is 23.9 Å². The molecule has 1 aromatic heterocycles. The molecular weight excluding hydrogens is 246 g/mol. The first-order valence-electron chi connectivity index (χ1n) is 6.18. The molecule has 0 saturated carbocycles. The van der Waals surface area contributed by atoms with Crippen molar-refractivity contribution in [2.24, 2.45) is 7.05 Å². The molecular formula is C14H16ClN3. The van der Waals surface area contributed by atoms with Crippen LogP contribution in [-0.4, -0.2) is 9.55 Å². The number of aryl methyl sites for hydroxylation is 1. The molecule has 2 rings (SSSR count). The van der Waals surface area contributed by atoms with E-state index in [1.807, 2.05) is 23.7 Å². The van der Waals surface area contributed by atoms with Gasteiger partial charge in [-0.1, -0.05) is 19.9 Å². The van der Waals surface area contributed by atoms with Gasteiger partial charge in [0, 0.05) is 7.05 Å². The van der Waals surface area contributed by atoms with E-state index >= 15 is 0 Å². The van der Waals surface area contributed by atoms with Crippen LogP contribution in [0.25, 0.3) is 11.0 Å². The van der Waals surface area contributed by atoms with Crippen molar-refractivity contribution >= 4 is 22.6 Å². The molecule has 0 aliphatic heterocycles. The van der Waals surface area contributed by atoms with Gasteiger partial charge in [0.25, 0.3) is 0 Å². The topological polar surface area (TPSA) is 41.6 Å². The zero-order chi connectivity index (χ0) is 13.3. The average Bonchev–Trinajstić information content (AvgIpc) is 2.68. The van der Waals surface area contributed by atoms with Gasteiger partial charge in [0.1, 0.15) is 11.6 Å². The molecule has 0 atom stereocenters. The third-order valence-electron chi connectivity index (χ3n) is 3.54. The molecule has 0 radical (unpaired) electrons. The van der Waals surface area contributed by atoms with E-state index in [-0.39, 0.29) is 0 Å². The summed E-state index contributed by atoms with van der Waals surface area (Å²) in [4.78, 5) is 4.30. The summed E-state index contributed by atoms with van der Waals surface area (Å²) in [6, 6.07) is 6.06. The Bertz CT molecular complexity index is 618. The van der Waals surface area contributed by atoms with Crippen LogP contribution in [0.2, 0.25) is 5.28 Å². The number of hydrogen-bond acceptors (Lipinski definition) is 2. The van der Waals surface area contributed by atoms with Crippen LogP contribution in [0.15, 0.2) is 12.1 Å². The van der Waals surface area contributed by atoms with Crippen LogP contribution < -0.4 is 0 Å². The van der Waals surface area contributed by atoms with Gasteiger partial charge in [-0.3, -0.25) is 0 Å². The fourth-order valence-corrected chi connectivity index (χ4v) is 2.64. The fraction of sp³-hybridized carbons (Fsp3) is 0.429. The van der Waals surface area contributed by atoms with Gasteiger partial charge >= 0.3 is 0 Å². The lowest BCUT2D eigenvalue weighted by atomic mass is 9.92. The minimum atomic E-state index is 0.430. The number of rotatable bonds is 3.